The van der Waals surface area contributed by atoms with Gasteiger partial charge in [-0.25, -0.2) is 0 Å². The Bertz CT molecular complexity index is 719. The van der Waals surface area contributed by atoms with Crippen LogP contribution >= 0.6 is 15.8 Å². The van der Waals surface area contributed by atoms with Gasteiger partial charge in [-0.3, -0.25) is 0 Å². The minimum absolute atomic E-state index is 0.0676. The van der Waals surface area contributed by atoms with Crippen LogP contribution in [0.3, 0.4) is 0 Å². The largest absolute Gasteiger partial charge is 0.398 e. The first kappa shape index (κ1) is 26.5. The fraction of sp³-hybridized carbons (Fsp3) is 0.812. The van der Waals surface area contributed by atoms with Crippen molar-refractivity contribution >= 4 is 21.5 Å². The van der Waals surface area contributed by atoms with Gasteiger partial charge in [0, 0.05) is 5.69 Å². The molecule has 4 fully saturated rings. The van der Waals surface area contributed by atoms with Crippen molar-refractivity contribution < 1.29 is 0 Å². The van der Waals surface area contributed by atoms with Crippen molar-refractivity contribution in [1.29, 1.82) is 0 Å². The molecular formula is C32H53NP2. The Morgan fingerprint density at radius 2 is 0.886 bits per heavy atom. The summed E-state index contributed by atoms with van der Waals surface area (Å²) >= 11 is 0. The van der Waals surface area contributed by atoms with E-state index in [1.807, 2.05) is 0 Å². The molecule has 0 saturated heterocycles. The Morgan fingerprint density at radius 3 is 1.29 bits per heavy atom. The molecule has 4 aliphatic rings. The van der Waals surface area contributed by atoms with Crippen LogP contribution in [0.1, 0.15) is 140 Å². The van der Waals surface area contributed by atoms with Gasteiger partial charge in [0.15, 0.2) is 0 Å². The van der Waals surface area contributed by atoms with Crippen LogP contribution in [0, 0.1) is 0 Å². The van der Waals surface area contributed by atoms with Crippen LogP contribution in [-0.2, 0) is 12.3 Å². The third-order valence-corrected chi connectivity index (χ3v) is 17.4. The quantitative estimate of drug-likeness (QED) is 0.271. The van der Waals surface area contributed by atoms with Crippen molar-refractivity contribution in [1.82, 2.24) is 0 Å². The van der Waals surface area contributed by atoms with Gasteiger partial charge in [-0.15, -0.1) is 0 Å². The molecule has 0 unspecified atom stereocenters. The van der Waals surface area contributed by atoms with Gasteiger partial charge in [0.2, 0.25) is 0 Å². The smallest absolute Gasteiger partial charge is 0.0353 e. The summed E-state index contributed by atoms with van der Waals surface area (Å²) in [5, 5.41) is 0. The van der Waals surface area contributed by atoms with E-state index in [-0.39, 0.29) is 15.8 Å². The maximum atomic E-state index is 6.88. The number of anilines is 1. The fourth-order valence-corrected chi connectivity index (χ4v) is 15.9. The van der Waals surface area contributed by atoms with Crippen LogP contribution in [-0.4, -0.2) is 22.6 Å². The standard InChI is InChI=1S/C32H53NP2/c33-32-23-13-14-26(24-34(27-15-5-1-6-16-27)28-17-7-2-8-18-28)31(32)25-35(29-19-9-3-10-20-29)30-21-11-4-12-22-30/h13-14,23,27-30H,1-12,15-22,24-25,33H2. The summed E-state index contributed by atoms with van der Waals surface area (Å²) in [7, 11) is 0.163. The van der Waals surface area contributed by atoms with E-state index in [1.54, 1.807) is 11.1 Å². The molecule has 2 N–H and O–H groups in total. The molecule has 0 heterocycles. The highest BCUT2D eigenvalue weighted by atomic mass is 31.1. The molecule has 0 radical (unpaired) electrons. The van der Waals surface area contributed by atoms with Crippen molar-refractivity contribution in [3.05, 3.63) is 29.3 Å². The highest BCUT2D eigenvalue weighted by Gasteiger charge is 2.34. The molecule has 3 heteroatoms. The van der Waals surface area contributed by atoms with Gasteiger partial charge in [0.1, 0.15) is 0 Å². The van der Waals surface area contributed by atoms with Crippen LogP contribution in [0.4, 0.5) is 5.69 Å². The molecule has 1 aromatic carbocycles. The van der Waals surface area contributed by atoms with E-state index >= 15 is 0 Å². The first-order valence-electron chi connectivity index (χ1n) is 15.7. The van der Waals surface area contributed by atoms with E-state index in [0.29, 0.717) is 0 Å². The van der Waals surface area contributed by atoms with Crippen molar-refractivity contribution in [2.24, 2.45) is 0 Å². The van der Waals surface area contributed by atoms with Crippen molar-refractivity contribution in [3.63, 3.8) is 0 Å². The number of rotatable bonds is 8. The first-order valence-corrected chi connectivity index (χ1v) is 19.0. The lowest BCUT2D eigenvalue weighted by Crippen LogP contribution is -2.23. The molecule has 1 aromatic rings. The number of hydrogen-bond donors (Lipinski definition) is 1. The van der Waals surface area contributed by atoms with E-state index < -0.39 is 0 Å². The van der Waals surface area contributed by atoms with E-state index in [9.17, 15) is 0 Å². The Hall–Kier alpha value is -0.120. The van der Waals surface area contributed by atoms with Crippen molar-refractivity contribution in [2.75, 3.05) is 5.73 Å². The Balaban J connectivity index is 1.39. The van der Waals surface area contributed by atoms with Gasteiger partial charge in [-0.05, 0) is 104 Å². The zero-order chi connectivity index (χ0) is 23.9. The SMILES string of the molecule is Nc1cccc(CP(C2CCCCC2)C2CCCCC2)c1CP(C1CCCCC1)C1CCCCC1. The third-order valence-electron chi connectivity index (χ3n) is 10.2. The van der Waals surface area contributed by atoms with Crippen LogP contribution in [0.5, 0.6) is 0 Å². The average molecular weight is 514 g/mol. The van der Waals surface area contributed by atoms with Crippen molar-refractivity contribution in [3.8, 4) is 0 Å². The summed E-state index contributed by atoms with van der Waals surface area (Å²) in [5.74, 6) is 0. The minimum Gasteiger partial charge on any atom is -0.398 e. The molecular weight excluding hydrogens is 460 g/mol. The molecule has 4 saturated carbocycles. The van der Waals surface area contributed by atoms with Gasteiger partial charge in [0.25, 0.3) is 0 Å². The van der Waals surface area contributed by atoms with E-state index in [4.69, 9.17) is 5.73 Å². The van der Waals surface area contributed by atoms with Gasteiger partial charge < -0.3 is 5.73 Å². The van der Waals surface area contributed by atoms with Crippen LogP contribution in [0.2, 0.25) is 0 Å². The summed E-state index contributed by atoms with van der Waals surface area (Å²) in [4.78, 5) is 0. The van der Waals surface area contributed by atoms with Crippen LogP contribution in [0.15, 0.2) is 18.2 Å². The predicted molar refractivity (Wildman–Crippen MR) is 160 cm³/mol. The number of hydrogen-bond acceptors (Lipinski definition) is 1. The Labute approximate surface area is 219 Å². The summed E-state index contributed by atoms with van der Waals surface area (Å²) in [6.45, 7) is 0. The molecule has 5 rings (SSSR count). The molecule has 4 aliphatic carbocycles. The molecule has 0 aliphatic heterocycles. The number of nitrogens with two attached hydrogens (primary N) is 1. The second-order valence-corrected chi connectivity index (χ2v) is 18.1. The normalized spacial score (nSPS) is 24.4. The number of nitrogen functional groups attached to an aromatic ring is 1. The molecule has 0 atom stereocenters. The maximum Gasteiger partial charge on any atom is 0.0353 e. The summed E-state index contributed by atoms with van der Waals surface area (Å²) in [6, 6.07) is 7.08. The lowest BCUT2D eigenvalue weighted by molar-refractivity contribution is 0.483. The minimum atomic E-state index is 0.0676. The van der Waals surface area contributed by atoms with Gasteiger partial charge in [-0.1, -0.05) is 105 Å². The topological polar surface area (TPSA) is 26.0 Å². The molecule has 0 aromatic heterocycles. The second-order valence-electron chi connectivity index (χ2n) is 12.5. The molecule has 196 valence electrons. The third kappa shape index (κ3) is 7.05. The van der Waals surface area contributed by atoms with E-state index in [1.165, 1.54) is 141 Å². The average Bonchev–Trinajstić information content (AvgIpc) is 2.93. The lowest BCUT2D eigenvalue weighted by Gasteiger charge is -2.40. The predicted octanol–water partition coefficient (Wildman–Crippen LogP) is 10.6. The van der Waals surface area contributed by atoms with Gasteiger partial charge in [-0.2, -0.15) is 0 Å². The van der Waals surface area contributed by atoms with Crippen molar-refractivity contribution in [2.45, 2.75) is 163 Å². The molecule has 0 spiro atoms. The lowest BCUT2D eigenvalue weighted by atomic mass is 9.99. The zero-order valence-corrected chi connectivity index (χ0v) is 24.4. The van der Waals surface area contributed by atoms with Crippen LogP contribution in [0.25, 0.3) is 0 Å². The maximum absolute atomic E-state index is 6.88. The second kappa shape index (κ2) is 13.6. The highest BCUT2D eigenvalue weighted by molar-refractivity contribution is 7.59. The fourth-order valence-electron chi connectivity index (χ4n) is 8.14. The molecule has 0 bridgehead atoms. The summed E-state index contributed by atoms with van der Waals surface area (Å²) in [6.07, 6.45) is 32.8. The van der Waals surface area contributed by atoms with Gasteiger partial charge >= 0.3 is 0 Å². The molecule has 1 nitrogen and oxygen atoms in total. The van der Waals surface area contributed by atoms with E-state index in [2.05, 4.69) is 18.2 Å². The molecule has 35 heavy (non-hydrogen) atoms. The molecule has 0 amide bonds. The summed E-state index contributed by atoms with van der Waals surface area (Å²) in [5.41, 5.74) is 15.5. The zero-order valence-electron chi connectivity index (χ0n) is 22.6. The monoisotopic (exact) mass is 513 g/mol. The Morgan fingerprint density at radius 1 is 0.514 bits per heavy atom. The summed E-state index contributed by atoms with van der Waals surface area (Å²) < 4.78 is 0. The van der Waals surface area contributed by atoms with Gasteiger partial charge in [0.05, 0.1) is 0 Å². The number of benzene rings is 1. The highest BCUT2D eigenvalue weighted by Crippen LogP contribution is 2.61. The van der Waals surface area contributed by atoms with E-state index in [0.717, 1.165) is 28.3 Å². The Kier molecular flexibility index (Phi) is 10.3. The van der Waals surface area contributed by atoms with Crippen LogP contribution < -0.4 is 5.73 Å². The first-order chi connectivity index (χ1) is 17.3.